The lowest BCUT2D eigenvalue weighted by Crippen LogP contribution is -2.17. The molecule has 6 nitrogen and oxygen atoms in total. The van der Waals surface area contributed by atoms with Crippen molar-refractivity contribution in [1.82, 2.24) is 23.3 Å². The maximum Gasteiger partial charge on any atom is 0.104 e. The van der Waals surface area contributed by atoms with E-state index in [4.69, 9.17) is 4.98 Å². The maximum absolute atomic E-state index is 13.0. The molecule has 14 rings (SSSR count). The molecule has 0 fully saturated rings. The topological polar surface area (TPSA) is 56.4 Å². The van der Waals surface area contributed by atoms with E-state index in [0.717, 1.165) is 121 Å². The summed E-state index contributed by atoms with van der Waals surface area (Å²) < 4.78 is 9.84. The van der Waals surface area contributed by atoms with Gasteiger partial charge in [-0.25, -0.2) is 0 Å². The number of hydrogen-bond acceptors (Lipinski definition) is 2. The lowest BCUT2D eigenvalue weighted by atomic mass is 9.86. The number of nitrogens with zero attached hydrogens (tertiary/aromatic N) is 6. The van der Waals surface area contributed by atoms with Crippen LogP contribution in [-0.2, 0) is 21.7 Å². The standard InChI is InChI=1S/C76H68N6/c1-73(2,3)46-32-36-64-54(41-46)50-23-13-17-28-60(50)79(64)69-58(45-77)70(80-61-29-18-14-24-51(61)55-42-47(74(4,5)6)33-37-65(55)80)72(82-63-31-20-16-26-53(63)57-44-49(76(10,11)12)35-39-67(57)82)71(68(69)59-27-21-22-40-78-59)81-62-30-19-15-25-52(62)56-43-48(75(7,8)9)34-38-66(56)81/h13-44H,1-12H3. The predicted molar refractivity (Wildman–Crippen MR) is 347 cm³/mol. The highest BCUT2D eigenvalue weighted by Crippen LogP contribution is 2.52. The molecule has 0 aliphatic heterocycles. The molecule has 5 aromatic heterocycles. The van der Waals surface area contributed by atoms with Gasteiger partial charge in [0, 0.05) is 49.3 Å². The van der Waals surface area contributed by atoms with Crippen LogP contribution in [0.1, 0.15) is 111 Å². The smallest absolute Gasteiger partial charge is 0.104 e. The van der Waals surface area contributed by atoms with Crippen molar-refractivity contribution in [2.24, 2.45) is 0 Å². The van der Waals surface area contributed by atoms with Crippen LogP contribution in [0.25, 0.3) is 121 Å². The summed E-state index contributed by atoms with van der Waals surface area (Å²) in [6, 6.07) is 72.6. The summed E-state index contributed by atoms with van der Waals surface area (Å²) in [7, 11) is 0. The van der Waals surface area contributed by atoms with Gasteiger partial charge in [-0.3, -0.25) is 4.98 Å². The molecule has 82 heavy (non-hydrogen) atoms. The summed E-state index contributed by atoms with van der Waals surface area (Å²) in [6.45, 7) is 27.5. The van der Waals surface area contributed by atoms with Crippen LogP contribution in [0.2, 0.25) is 0 Å². The number of pyridine rings is 1. The minimum Gasteiger partial charge on any atom is -0.307 e. The van der Waals surface area contributed by atoms with E-state index in [2.05, 4.69) is 289 Å². The van der Waals surface area contributed by atoms with Gasteiger partial charge in [-0.15, -0.1) is 0 Å². The normalized spacial score (nSPS) is 12.9. The summed E-state index contributed by atoms with van der Waals surface area (Å²) >= 11 is 0. The maximum atomic E-state index is 13.0. The summed E-state index contributed by atoms with van der Waals surface area (Å²) in [4.78, 5) is 5.44. The first kappa shape index (κ1) is 51.0. The zero-order valence-electron chi connectivity index (χ0n) is 49.2. The molecule has 0 atom stereocenters. The number of benzene rings is 9. The van der Waals surface area contributed by atoms with Crippen LogP contribution >= 0.6 is 0 Å². The van der Waals surface area contributed by atoms with Crippen molar-refractivity contribution in [2.75, 3.05) is 0 Å². The Kier molecular flexibility index (Phi) is 11.1. The first-order valence-corrected chi connectivity index (χ1v) is 28.9. The van der Waals surface area contributed by atoms with Gasteiger partial charge in [0.05, 0.1) is 78.1 Å². The Bertz CT molecular complexity index is 5020. The quantitative estimate of drug-likeness (QED) is 0.172. The molecule has 0 N–H and O–H groups in total. The summed E-state index contributed by atoms with van der Waals surface area (Å²) in [6.07, 6.45) is 1.90. The van der Waals surface area contributed by atoms with Crippen LogP contribution < -0.4 is 0 Å². The van der Waals surface area contributed by atoms with Crippen molar-refractivity contribution in [2.45, 2.75) is 105 Å². The molecule has 5 heterocycles. The summed E-state index contributed by atoms with van der Waals surface area (Å²) in [5.41, 5.74) is 18.2. The average Bonchev–Trinajstić information content (AvgIpc) is 3.73. The highest BCUT2D eigenvalue weighted by molar-refractivity contribution is 6.17. The minimum absolute atomic E-state index is 0.112. The molecule has 0 saturated heterocycles. The van der Waals surface area contributed by atoms with Crippen molar-refractivity contribution in [3.05, 3.63) is 222 Å². The van der Waals surface area contributed by atoms with Crippen molar-refractivity contribution in [3.63, 3.8) is 0 Å². The first-order valence-electron chi connectivity index (χ1n) is 28.9. The fourth-order valence-corrected chi connectivity index (χ4v) is 13.1. The molecular weight excluding hydrogens is 997 g/mol. The van der Waals surface area contributed by atoms with Gasteiger partial charge in [-0.2, -0.15) is 5.26 Å². The van der Waals surface area contributed by atoms with Crippen LogP contribution in [0.5, 0.6) is 0 Å². The van der Waals surface area contributed by atoms with E-state index in [1.807, 2.05) is 12.3 Å². The third-order valence-corrected chi connectivity index (χ3v) is 17.5. The molecule has 6 heteroatoms. The van der Waals surface area contributed by atoms with Gasteiger partial charge in [-0.05, 0) is 129 Å². The Labute approximate surface area is 480 Å². The second-order valence-electron chi connectivity index (χ2n) is 26.8. The van der Waals surface area contributed by atoms with E-state index in [1.165, 1.54) is 22.3 Å². The molecule has 0 radical (unpaired) electrons. The Morgan fingerprint density at radius 2 is 0.598 bits per heavy atom. The molecule has 9 aromatic carbocycles. The van der Waals surface area contributed by atoms with E-state index in [-0.39, 0.29) is 21.7 Å². The Morgan fingerprint density at radius 1 is 0.305 bits per heavy atom. The zero-order chi connectivity index (χ0) is 56.9. The molecule has 0 spiro atoms. The fraction of sp³-hybridized carbons (Fsp3) is 0.211. The molecular formula is C76H68N6. The van der Waals surface area contributed by atoms with Gasteiger partial charge in [0.1, 0.15) is 11.6 Å². The van der Waals surface area contributed by atoms with E-state index >= 15 is 0 Å². The average molecular weight is 1070 g/mol. The molecule has 14 aromatic rings. The van der Waals surface area contributed by atoms with Crippen molar-refractivity contribution >= 4 is 87.2 Å². The van der Waals surface area contributed by atoms with Crippen molar-refractivity contribution in [3.8, 4) is 40.1 Å². The molecule has 0 aliphatic rings. The van der Waals surface area contributed by atoms with Crippen LogP contribution in [-0.4, -0.2) is 23.3 Å². The van der Waals surface area contributed by atoms with Crippen molar-refractivity contribution < 1.29 is 0 Å². The zero-order valence-corrected chi connectivity index (χ0v) is 49.2. The number of hydrogen-bond donors (Lipinski definition) is 0. The van der Waals surface area contributed by atoms with Crippen LogP contribution in [0.15, 0.2) is 194 Å². The van der Waals surface area contributed by atoms with E-state index in [1.54, 1.807) is 0 Å². The third kappa shape index (κ3) is 7.62. The lowest BCUT2D eigenvalue weighted by molar-refractivity contribution is 0.591. The fourth-order valence-electron chi connectivity index (χ4n) is 13.1. The lowest BCUT2D eigenvalue weighted by Gasteiger charge is -2.29. The van der Waals surface area contributed by atoms with Gasteiger partial charge in [-0.1, -0.05) is 186 Å². The van der Waals surface area contributed by atoms with Gasteiger partial charge in [0.15, 0.2) is 0 Å². The summed E-state index contributed by atoms with van der Waals surface area (Å²) in [5, 5.41) is 22.1. The molecule has 0 bridgehead atoms. The summed E-state index contributed by atoms with van der Waals surface area (Å²) in [5.74, 6) is 0. The largest absolute Gasteiger partial charge is 0.307 e. The molecule has 0 amide bonds. The number of para-hydroxylation sites is 4. The second kappa shape index (κ2) is 17.9. The Hall–Kier alpha value is -9.18. The minimum atomic E-state index is -0.118. The molecule has 0 aliphatic carbocycles. The molecule has 402 valence electrons. The van der Waals surface area contributed by atoms with E-state index in [9.17, 15) is 5.26 Å². The second-order valence-corrected chi connectivity index (χ2v) is 26.8. The Morgan fingerprint density at radius 3 is 0.915 bits per heavy atom. The molecule has 0 unspecified atom stereocenters. The highest BCUT2D eigenvalue weighted by atomic mass is 15.1. The van der Waals surface area contributed by atoms with Crippen LogP contribution in [0.3, 0.4) is 0 Å². The number of aromatic nitrogens is 5. The predicted octanol–water partition coefficient (Wildman–Crippen LogP) is 20.2. The Balaban J connectivity index is 1.34. The number of nitriles is 1. The third-order valence-electron chi connectivity index (χ3n) is 17.5. The number of fused-ring (bicyclic) bond motifs is 12. The molecule has 0 saturated carbocycles. The SMILES string of the molecule is CC(C)(C)c1ccc2c(c1)c1ccccc1n2-c1c(C#N)c(-n2c3ccccc3c3cc(C(C)(C)C)ccc32)c(-n2c3ccccc3c3cc(C(C)(C)C)ccc32)c(-n2c3ccccc3c3cc(C(C)(C)C)ccc32)c1-c1ccccn1. The van der Waals surface area contributed by atoms with Crippen molar-refractivity contribution in [1.29, 1.82) is 5.26 Å². The monoisotopic (exact) mass is 1060 g/mol. The van der Waals surface area contributed by atoms with Crippen LogP contribution in [0, 0.1) is 11.3 Å². The first-order chi connectivity index (χ1) is 39.2. The van der Waals surface area contributed by atoms with E-state index in [0.29, 0.717) is 5.56 Å². The van der Waals surface area contributed by atoms with Gasteiger partial charge in [0.2, 0.25) is 0 Å². The highest BCUT2D eigenvalue weighted by Gasteiger charge is 2.36. The van der Waals surface area contributed by atoms with Gasteiger partial charge >= 0.3 is 0 Å². The number of rotatable bonds is 5. The van der Waals surface area contributed by atoms with Crippen LogP contribution in [0.4, 0.5) is 0 Å². The van der Waals surface area contributed by atoms with Gasteiger partial charge < -0.3 is 18.3 Å². The van der Waals surface area contributed by atoms with E-state index < -0.39 is 0 Å². The van der Waals surface area contributed by atoms with Gasteiger partial charge in [0.25, 0.3) is 0 Å².